The van der Waals surface area contributed by atoms with Crippen molar-refractivity contribution in [3.63, 3.8) is 0 Å². The molecule has 0 saturated heterocycles. The molecule has 86 valence electrons. The van der Waals surface area contributed by atoms with Crippen molar-refractivity contribution in [1.29, 1.82) is 0 Å². The van der Waals surface area contributed by atoms with Gasteiger partial charge in [-0.05, 0) is 32.0 Å². The largest absolute Gasteiger partial charge is 0.383 e. The second-order valence-electron chi connectivity index (χ2n) is 4.20. The van der Waals surface area contributed by atoms with Gasteiger partial charge in [0, 0.05) is 5.56 Å². The monoisotopic (exact) mass is 224 g/mol. The summed E-state index contributed by atoms with van der Waals surface area (Å²) >= 11 is 0. The standard InChI is InChI=1S/C15H16N2/c1-11-6-8-14(9-7-11)17-15(16)13-5-3-4-12(2)10-13/h3-10H,1-2H3,(H2,16,17). The average molecular weight is 224 g/mol. The minimum atomic E-state index is 0.553. The van der Waals surface area contributed by atoms with E-state index in [1.165, 1.54) is 11.1 Å². The van der Waals surface area contributed by atoms with E-state index in [4.69, 9.17) is 5.73 Å². The molecule has 2 aromatic carbocycles. The van der Waals surface area contributed by atoms with E-state index < -0.39 is 0 Å². The first-order valence-corrected chi connectivity index (χ1v) is 5.63. The Morgan fingerprint density at radius 2 is 1.65 bits per heavy atom. The molecule has 2 aromatic rings. The van der Waals surface area contributed by atoms with Gasteiger partial charge in [-0.15, -0.1) is 0 Å². The van der Waals surface area contributed by atoms with Crippen LogP contribution in [0.25, 0.3) is 0 Å². The van der Waals surface area contributed by atoms with Crippen LogP contribution in [-0.2, 0) is 0 Å². The molecule has 0 aliphatic rings. The van der Waals surface area contributed by atoms with Crippen LogP contribution in [0.1, 0.15) is 16.7 Å². The maximum Gasteiger partial charge on any atom is 0.131 e. The van der Waals surface area contributed by atoms with Crippen LogP contribution in [0, 0.1) is 13.8 Å². The fraction of sp³-hybridized carbons (Fsp3) is 0.133. The molecule has 2 N–H and O–H groups in total. The highest BCUT2D eigenvalue weighted by atomic mass is 14.9. The molecule has 2 heteroatoms. The summed E-state index contributed by atoms with van der Waals surface area (Å²) < 4.78 is 0. The lowest BCUT2D eigenvalue weighted by Gasteiger charge is -2.02. The molecule has 0 aromatic heterocycles. The first-order chi connectivity index (χ1) is 8.15. The summed E-state index contributed by atoms with van der Waals surface area (Å²) in [7, 11) is 0. The molecular formula is C15H16N2. The smallest absolute Gasteiger partial charge is 0.131 e. The number of aryl methyl sites for hydroxylation is 2. The summed E-state index contributed by atoms with van der Waals surface area (Å²) in [6.45, 7) is 4.10. The SMILES string of the molecule is Cc1ccc(N=C(N)c2cccc(C)c2)cc1. The number of hydrogen-bond donors (Lipinski definition) is 1. The third kappa shape index (κ3) is 2.94. The molecule has 0 saturated carbocycles. The third-order valence-corrected chi connectivity index (χ3v) is 2.60. The first-order valence-electron chi connectivity index (χ1n) is 5.63. The molecule has 2 nitrogen and oxygen atoms in total. The molecule has 0 spiro atoms. The Hall–Kier alpha value is -2.09. The quantitative estimate of drug-likeness (QED) is 0.616. The molecule has 0 amide bonds. The number of nitrogens with two attached hydrogens (primary N) is 1. The lowest BCUT2D eigenvalue weighted by atomic mass is 10.1. The molecule has 0 aliphatic heterocycles. The molecule has 0 atom stereocenters. The molecule has 0 radical (unpaired) electrons. The number of nitrogens with zero attached hydrogens (tertiary/aromatic N) is 1. The van der Waals surface area contributed by atoms with Gasteiger partial charge in [0.2, 0.25) is 0 Å². The van der Waals surface area contributed by atoms with Crippen LogP contribution in [0.4, 0.5) is 5.69 Å². The van der Waals surface area contributed by atoms with Gasteiger partial charge in [-0.3, -0.25) is 0 Å². The Morgan fingerprint density at radius 1 is 0.941 bits per heavy atom. The maximum absolute atomic E-state index is 5.98. The van der Waals surface area contributed by atoms with E-state index in [-0.39, 0.29) is 0 Å². The van der Waals surface area contributed by atoms with E-state index in [9.17, 15) is 0 Å². The van der Waals surface area contributed by atoms with Gasteiger partial charge in [0.15, 0.2) is 0 Å². The Bertz CT molecular complexity index is 539. The topological polar surface area (TPSA) is 38.4 Å². The zero-order valence-electron chi connectivity index (χ0n) is 10.1. The highest BCUT2D eigenvalue weighted by molar-refractivity contribution is 5.99. The van der Waals surface area contributed by atoms with Crippen LogP contribution in [0.5, 0.6) is 0 Å². The highest BCUT2D eigenvalue weighted by Gasteiger charge is 1.98. The van der Waals surface area contributed by atoms with Gasteiger partial charge in [0.1, 0.15) is 5.84 Å². The zero-order chi connectivity index (χ0) is 12.3. The Morgan fingerprint density at radius 3 is 2.29 bits per heavy atom. The van der Waals surface area contributed by atoms with Crippen LogP contribution < -0.4 is 5.73 Å². The lowest BCUT2D eigenvalue weighted by Crippen LogP contribution is -2.12. The molecular weight excluding hydrogens is 208 g/mol. The van der Waals surface area contributed by atoms with Crippen LogP contribution in [0.3, 0.4) is 0 Å². The van der Waals surface area contributed by atoms with Gasteiger partial charge in [0.25, 0.3) is 0 Å². The van der Waals surface area contributed by atoms with Crippen molar-refractivity contribution < 1.29 is 0 Å². The minimum Gasteiger partial charge on any atom is -0.383 e. The first kappa shape index (κ1) is 11.4. The van der Waals surface area contributed by atoms with Crippen molar-refractivity contribution in [2.24, 2.45) is 10.7 Å². The van der Waals surface area contributed by atoms with Crippen molar-refractivity contribution in [1.82, 2.24) is 0 Å². The van der Waals surface area contributed by atoms with E-state index in [1.807, 2.05) is 55.5 Å². The molecule has 0 aliphatic carbocycles. The Labute approximate surface area is 102 Å². The van der Waals surface area contributed by atoms with Crippen molar-refractivity contribution in [2.45, 2.75) is 13.8 Å². The average Bonchev–Trinajstić information content (AvgIpc) is 2.32. The molecule has 2 rings (SSSR count). The van der Waals surface area contributed by atoms with Gasteiger partial charge in [-0.2, -0.15) is 0 Å². The number of amidine groups is 1. The van der Waals surface area contributed by atoms with Gasteiger partial charge in [-0.1, -0.05) is 41.5 Å². The van der Waals surface area contributed by atoms with Crippen LogP contribution in [0.2, 0.25) is 0 Å². The minimum absolute atomic E-state index is 0.553. The van der Waals surface area contributed by atoms with E-state index in [1.54, 1.807) is 0 Å². The third-order valence-electron chi connectivity index (χ3n) is 2.60. The number of aliphatic imine (C=N–C) groups is 1. The van der Waals surface area contributed by atoms with Crippen LogP contribution >= 0.6 is 0 Å². The molecule has 0 unspecified atom stereocenters. The van der Waals surface area contributed by atoms with Gasteiger partial charge in [-0.25, -0.2) is 4.99 Å². The summed E-state index contributed by atoms with van der Waals surface area (Å²) in [5, 5.41) is 0. The van der Waals surface area contributed by atoms with Crippen molar-refractivity contribution in [3.8, 4) is 0 Å². The summed E-state index contributed by atoms with van der Waals surface area (Å²) in [4.78, 5) is 4.41. The normalized spacial score (nSPS) is 11.5. The zero-order valence-corrected chi connectivity index (χ0v) is 10.1. The van der Waals surface area contributed by atoms with Crippen LogP contribution in [0.15, 0.2) is 53.5 Å². The van der Waals surface area contributed by atoms with Gasteiger partial charge < -0.3 is 5.73 Å². The van der Waals surface area contributed by atoms with E-state index in [2.05, 4.69) is 11.9 Å². The molecule has 0 bridgehead atoms. The van der Waals surface area contributed by atoms with Gasteiger partial charge in [0.05, 0.1) is 5.69 Å². The summed E-state index contributed by atoms with van der Waals surface area (Å²) in [5.74, 6) is 0.553. The number of rotatable bonds is 2. The second kappa shape index (κ2) is 4.83. The second-order valence-corrected chi connectivity index (χ2v) is 4.20. The fourth-order valence-electron chi connectivity index (χ4n) is 1.63. The van der Waals surface area contributed by atoms with Crippen LogP contribution in [-0.4, -0.2) is 5.84 Å². The van der Waals surface area contributed by atoms with E-state index >= 15 is 0 Å². The maximum atomic E-state index is 5.98. The Balaban J connectivity index is 2.30. The van der Waals surface area contributed by atoms with Crippen molar-refractivity contribution >= 4 is 11.5 Å². The molecule has 17 heavy (non-hydrogen) atoms. The highest BCUT2D eigenvalue weighted by Crippen LogP contribution is 2.14. The van der Waals surface area contributed by atoms with Crippen molar-refractivity contribution in [3.05, 3.63) is 65.2 Å². The molecule has 0 heterocycles. The lowest BCUT2D eigenvalue weighted by molar-refractivity contribution is 1.39. The molecule has 0 fully saturated rings. The van der Waals surface area contributed by atoms with E-state index in [0.717, 1.165) is 11.3 Å². The predicted octanol–water partition coefficient (Wildman–Crippen LogP) is 3.34. The fourth-order valence-corrected chi connectivity index (χ4v) is 1.63. The number of hydrogen-bond acceptors (Lipinski definition) is 1. The summed E-state index contributed by atoms with van der Waals surface area (Å²) in [6.07, 6.45) is 0. The van der Waals surface area contributed by atoms with E-state index in [0.29, 0.717) is 5.84 Å². The summed E-state index contributed by atoms with van der Waals surface area (Å²) in [6, 6.07) is 16.0. The predicted molar refractivity (Wildman–Crippen MR) is 72.7 cm³/mol. The van der Waals surface area contributed by atoms with Gasteiger partial charge >= 0.3 is 0 Å². The van der Waals surface area contributed by atoms with Crippen molar-refractivity contribution in [2.75, 3.05) is 0 Å². The Kier molecular flexibility index (Phi) is 3.24. The summed E-state index contributed by atoms with van der Waals surface area (Å²) in [5.41, 5.74) is 10.2. The number of benzene rings is 2.